The van der Waals surface area contributed by atoms with Crippen molar-refractivity contribution in [3.05, 3.63) is 80.3 Å². The third-order valence-corrected chi connectivity index (χ3v) is 7.35. The molecule has 0 saturated carbocycles. The van der Waals surface area contributed by atoms with E-state index < -0.39 is 22.3 Å². The second-order valence-electron chi connectivity index (χ2n) is 9.14. The van der Waals surface area contributed by atoms with Crippen LogP contribution in [-0.2, 0) is 14.4 Å². The van der Waals surface area contributed by atoms with Gasteiger partial charge in [-0.05, 0) is 50.1 Å². The number of esters is 1. The average molecular weight is 534 g/mol. The maximum Gasteiger partial charge on any atom is 0.336 e. The van der Waals surface area contributed by atoms with Crippen molar-refractivity contribution >= 4 is 74.7 Å². The Kier molecular flexibility index (Phi) is 5.84. The molecule has 3 aliphatic rings. The smallest absolute Gasteiger partial charge is 0.336 e. The van der Waals surface area contributed by atoms with E-state index in [9.17, 15) is 24.5 Å². The molecule has 186 valence electrons. The van der Waals surface area contributed by atoms with Crippen molar-refractivity contribution in [3.63, 3.8) is 0 Å². The van der Waals surface area contributed by atoms with E-state index in [4.69, 9.17) is 17.0 Å². The SMILES string of the molecule is CC1=CC(C)(C)N2C(=O)/C(=C3\SC(=S)NC3=O)c3cc(OC(=O)/C=C/c4cccc([N+](=O)[O-])c4)cc1c32. The first-order valence-corrected chi connectivity index (χ1v) is 12.3. The number of carbonyl (C=O) groups excluding carboxylic acids is 3. The van der Waals surface area contributed by atoms with E-state index in [-0.39, 0.29) is 32.1 Å². The summed E-state index contributed by atoms with van der Waals surface area (Å²) in [6.45, 7) is 5.73. The maximum atomic E-state index is 13.6. The van der Waals surface area contributed by atoms with Crippen LogP contribution in [0.3, 0.4) is 0 Å². The van der Waals surface area contributed by atoms with E-state index in [1.54, 1.807) is 23.1 Å². The monoisotopic (exact) mass is 533 g/mol. The van der Waals surface area contributed by atoms with Crippen molar-refractivity contribution in [2.24, 2.45) is 0 Å². The van der Waals surface area contributed by atoms with Crippen molar-refractivity contribution in [2.75, 3.05) is 4.90 Å². The minimum atomic E-state index is -0.707. The fourth-order valence-electron chi connectivity index (χ4n) is 4.70. The number of amides is 2. The molecule has 0 unspecified atom stereocenters. The maximum absolute atomic E-state index is 13.6. The molecule has 2 aromatic carbocycles. The molecule has 0 aromatic heterocycles. The second kappa shape index (κ2) is 8.79. The summed E-state index contributed by atoms with van der Waals surface area (Å²) in [7, 11) is 0. The molecule has 2 aromatic rings. The molecular weight excluding hydrogens is 514 g/mol. The number of hydrogen-bond acceptors (Lipinski definition) is 8. The minimum absolute atomic E-state index is 0.0958. The molecule has 3 heterocycles. The van der Waals surface area contributed by atoms with Crippen LogP contribution in [0.2, 0.25) is 0 Å². The molecule has 3 aliphatic heterocycles. The number of anilines is 1. The van der Waals surface area contributed by atoms with Crippen LogP contribution in [0.25, 0.3) is 17.2 Å². The van der Waals surface area contributed by atoms with E-state index in [2.05, 4.69) is 5.32 Å². The van der Waals surface area contributed by atoms with Crippen molar-refractivity contribution < 1.29 is 24.0 Å². The minimum Gasteiger partial charge on any atom is -0.423 e. The number of nitro groups is 1. The van der Waals surface area contributed by atoms with E-state index in [1.807, 2.05) is 26.8 Å². The number of allylic oxidation sites excluding steroid dienone is 1. The molecule has 0 aliphatic carbocycles. The predicted molar refractivity (Wildman–Crippen MR) is 145 cm³/mol. The van der Waals surface area contributed by atoms with E-state index >= 15 is 0 Å². The molecule has 0 radical (unpaired) electrons. The summed E-state index contributed by atoms with van der Waals surface area (Å²) in [4.78, 5) is 51.2. The van der Waals surface area contributed by atoms with Crippen LogP contribution in [0, 0.1) is 10.1 Å². The lowest BCUT2D eigenvalue weighted by atomic mass is 9.89. The Hall–Kier alpha value is -4.09. The molecular formula is C26H19N3O6S2. The summed E-state index contributed by atoms with van der Waals surface area (Å²) in [5.41, 5.74) is 2.65. The topological polar surface area (TPSA) is 119 Å². The molecule has 1 saturated heterocycles. The Labute approximate surface area is 221 Å². The first-order valence-electron chi connectivity index (χ1n) is 11.1. The van der Waals surface area contributed by atoms with Gasteiger partial charge in [0.15, 0.2) is 0 Å². The van der Waals surface area contributed by atoms with Gasteiger partial charge in [-0.2, -0.15) is 0 Å². The Morgan fingerprint density at radius 2 is 1.95 bits per heavy atom. The number of nitrogens with zero attached hydrogens (tertiary/aromatic N) is 2. The molecule has 2 amide bonds. The Balaban J connectivity index is 1.55. The molecule has 9 nitrogen and oxygen atoms in total. The fourth-order valence-corrected chi connectivity index (χ4v) is 5.82. The second-order valence-corrected chi connectivity index (χ2v) is 10.8. The van der Waals surface area contributed by atoms with Gasteiger partial charge in [-0.1, -0.05) is 42.2 Å². The molecule has 0 bridgehead atoms. The van der Waals surface area contributed by atoms with Crippen LogP contribution in [0.1, 0.15) is 37.5 Å². The summed E-state index contributed by atoms with van der Waals surface area (Å²) in [5, 5.41) is 13.5. The number of nitro benzene ring substituents is 1. The van der Waals surface area contributed by atoms with Gasteiger partial charge in [0.05, 0.1) is 26.6 Å². The van der Waals surface area contributed by atoms with Gasteiger partial charge < -0.3 is 10.1 Å². The fraction of sp³-hybridized carbons (Fsp3) is 0.154. The third-order valence-electron chi connectivity index (χ3n) is 6.12. The van der Waals surface area contributed by atoms with Crippen LogP contribution in [0.5, 0.6) is 5.75 Å². The number of ether oxygens (including phenoxy) is 1. The van der Waals surface area contributed by atoms with Gasteiger partial charge in [0, 0.05) is 29.3 Å². The number of rotatable bonds is 4. The van der Waals surface area contributed by atoms with Gasteiger partial charge >= 0.3 is 5.97 Å². The number of non-ortho nitro benzene ring substituents is 1. The van der Waals surface area contributed by atoms with Crippen LogP contribution >= 0.6 is 24.0 Å². The molecule has 11 heteroatoms. The van der Waals surface area contributed by atoms with Crippen LogP contribution in [0.4, 0.5) is 11.4 Å². The number of carbonyl (C=O) groups is 3. The lowest BCUT2D eigenvalue weighted by molar-refractivity contribution is -0.384. The highest BCUT2D eigenvalue weighted by atomic mass is 32.2. The lowest BCUT2D eigenvalue weighted by Crippen LogP contribution is -2.46. The highest BCUT2D eigenvalue weighted by Gasteiger charge is 2.47. The Morgan fingerprint density at radius 3 is 2.62 bits per heavy atom. The van der Waals surface area contributed by atoms with Crippen molar-refractivity contribution in [3.8, 4) is 5.75 Å². The van der Waals surface area contributed by atoms with E-state index in [0.717, 1.165) is 17.3 Å². The third kappa shape index (κ3) is 4.25. The first-order chi connectivity index (χ1) is 17.5. The normalized spacial score (nSPS) is 19.7. The number of thioether (sulfide) groups is 1. The van der Waals surface area contributed by atoms with Crippen LogP contribution in [0.15, 0.2) is 53.5 Å². The van der Waals surface area contributed by atoms with Crippen molar-refractivity contribution in [1.82, 2.24) is 5.32 Å². The summed E-state index contributed by atoms with van der Waals surface area (Å²) >= 11 is 6.15. The first kappa shape index (κ1) is 24.6. The van der Waals surface area contributed by atoms with Gasteiger partial charge in [0.1, 0.15) is 10.1 Å². The summed E-state index contributed by atoms with van der Waals surface area (Å²) < 4.78 is 5.82. The highest BCUT2D eigenvalue weighted by molar-refractivity contribution is 8.27. The molecule has 5 rings (SSSR count). The number of hydrogen-bond donors (Lipinski definition) is 1. The number of benzene rings is 2. The predicted octanol–water partition coefficient (Wildman–Crippen LogP) is 4.61. The standard InChI is InChI=1S/C26H19N3O6S2/c1-13-12-26(2,3)28-21-17(13)10-16(11-18(21)20(24(28)32)22-23(31)27-25(36)37-22)35-19(30)8-7-14-5-4-6-15(9-14)29(33)34/h4-12H,1-3H3,(H,27,31,36)/b8-7+,22-20-. The van der Waals surface area contributed by atoms with Crippen molar-refractivity contribution in [2.45, 2.75) is 26.3 Å². The Morgan fingerprint density at radius 1 is 1.22 bits per heavy atom. The highest BCUT2D eigenvalue weighted by Crippen LogP contribution is 2.52. The quantitative estimate of drug-likeness (QED) is 0.151. The zero-order valence-corrected chi connectivity index (χ0v) is 21.5. The van der Waals surface area contributed by atoms with Gasteiger partial charge in [-0.15, -0.1) is 0 Å². The van der Waals surface area contributed by atoms with E-state index in [1.165, 1.54) is 30.4 Å². The summed E-state index contributed by atoms with van der Waals surface area (Å²) in [5.74, 6) is -1.30. The van der Waals surface area contributed by atoms with E-state index in [0.29, 0.717) is 22.4 Å². The van der Waals surface area contributed by atoms with Gasteiger partial charge in [0.2, 0.25) is 0 Å². The molecule has 0 atom stereocenters. The summed E-state index contributed by atoms with van der Waals surface area (Å²) in [6, 6.07) is 9.09. The zero-order valence-electron chi connectivity index (χ0n) is 19.9. The van der Waals surface area contributed by atoms with Gasteiger partial charge in [-0.3, -0.25) is 24.6 Å². The molecule has 1 fully saturated rings. The van der Waals surface area contributed by atoms with Crippen LogP contribution < -0.4 is 15.0 Å². The number of nitrogens with one attached hydrogen (secondary N) is 1. The molecule has 37 heavy (non-hydrogen) atoms. The zero-order chi connectivity index (χ0) is 26.6. The molecule has 0 spiro atoms. The molecule has 1 N–H and O–H groups in total. The van der Waals surface area contributed by atoms with Gasteiger partial charge in [0.25, 0.3) is 17.5 Å². The largest absolute Gasteiger partial charge is 0.423 e. The number of thiocarbonyl (C=S) groups is 1. The van der Waals surface area contributed by atoms with Crippen LogP contribution in [-0.4, -0.2) is 32.6 Å². The van der Waals surface area contributed by atoms with Gasteiger partial charge in [-0.25, -0.2) is 4.79 Å². The van der Waals surface area contributed by atoms with Crippen molar-refractivity contribution in [1.29, 1.82) is 0 Å². The Bertz CT molecular complexity index is 1550. The average Bonchev–Trinajstić information content (AvgIpc) is 3.30. The lowest BCUT2D eigenvalue weighted by Gasteiger charge is -2.38. The summed E-state index contributed by atoms with van der Waals surface area (Å²) in [6.07, 6.45) is 4.53.